The van der Waals surface area contributed by atoms with E-state index in [9.17, 15) is 9.59 Å². The van der Waals surface area contributed by atoms with E-state index >= 15 is 0 Å². The average molecular weight is 364 g/mol. The van der Waals surface area contributed by atoms with Crippen LogP contribution in [-0.2, 0) is 0 Å². The topological polar surface area (TPSA) is 104 Å². The molecule has 8 heteroatoms. The molecule has 2 N–H and O–H groups in total. The van der Waals surface area contributed by atoms with E-state index in [4.69, 9.17) is 0 Å². The number of carbonyl (C=O) groups excluding carboxylic acids is 1. The van der Waals surface area contributed by atoms with E-state index < -0.39 is 0 Å². The number of piperidine rings is 1. The van der Waals surface area contributed by atoms with Gasteiger partial charge in [0.25, 0.3) is 11.5 Å². The number of benzene rings is 1. The zero-order valence-electron chi connectivity index (χ0n) is 14.8. The summed E-state index contributed by atoms with van der Waals surface area (Å²) in [7, 11) is 0. The molecule has 1 aliphatic rings. The van der Waals surface area contributed by atoms with Crippen molar-refractivity contribution in [3.63, 3.8) is 0 Å². The monoisotopic (exact) mass is 364 g/mol. The maximum Gasteiger partial charge on any atom is 0.272 e. The van der Waals surface area contributed by atoms with Crippen LogP contribution >= 0.6 is 0 Å². The van der Waals surface area contributed by atoms with Crippen molar-refractivity contribution in [2.75, 3.05) is 24.5 Å². The van der Waals surface area contributed by atoms with Crippen LogP contribution in [0.25, 0.3) is 10.8 Å². The van der Waals surface area contributed by atoms with Gasteiger partial charge in [-0.3, -0.25) is 9.59 Å². The van der Waals surface area contributed by atoms with Gasteiger partial charge in [-0.15, -0.1) is 0 Å². The second-order valence-electron chi connectivity index (χ2n) is 6.66. The lowest BCUT2D eigenvalue weighted by molar-refractivity contribution is 0.0941. The Bertz CT molecular complexity index is 1000. The number of rotatable bonds is 4. The van der Waals surface area contributed by atoms with Crippen LogP contribution in [0.2, 0.25) is 0 Å². The van der Waals surface area contributed by atoms with Gasteiger partial charge in [-0.2, -0.15) is 5.10 Å². The number of anilines is 1. The molecule has 1 fully saturated rings. The Balaban J connectivity index is 1.44. The Morgan fingerprint density at radius 3 is 2.78 bits per heavy atom. The Morgan fingerprint density at radius 2 is 1.96 bits per heavy atom. The van der Waals surface area contributed by atoms with Crippen molar-refractivity contribution >= 4 is 22.6 Å². The van der Waals surface area contributed by atoms with E-state index in [-0.39, 0.29) is 17.2 Å². The minimum atomic E-state index is -0.298. The maximum atomic E-state index is 12.6. The van der Waals surface area contributed by atoms with Gasteiger partial charge in [0.1, 0.15) is 0 Å². The van der Waals surface area contributed by atoms with Crippen molar-refractivity contribution in [2.24, 2.45) is 5.92 Å². The number of fused-ring (bicyclic) bond motifs is 1. The van der Waals surface area contributed by atoms with Crippen molar-refractivity contribution in [3.8, 4) is 0 Å². The molecule has 138 valence electrons. The molecule has 8 nitrogen and oxygen atoms in total. The molecule has 3 heterocycles. The molecule has 1 aliphatic heterocycles. The lowest BCUT2D eigenvalue weighted by Crippen LogP contribution is -2.41. The molecule has 4 rings (SSSR count). The molecule has 0 unspecified atom stereocenters. The van der Waals surface area contributed by atoms with E-state index in [1.54, 1.807) is 42.7 Å². The lowest BCUT2D eigenvalue weighted by atomic mass is 9.98. The zero-order valence-corrected chi connectivity index (χ0v) is 14.8. The van der Waals surface area contributed by atoms with Crippen LogP contribution in [0.5, 0.6) is 0 Å². The van der Waals surface area contributed by atoms with Crippen molar-refractivity contribution in [2.45, 2.75) is 12.8 Å². The number of aromatic amines is 1. The molecule has 1 aromatic carbocycles. The van der Waals surface area contributed by atoms with Gasteiger partial charge in [-0.25, -0.2) is 15.1 Å². The maximum absolute atomic E-state index is 12.6. The highest BCUT2D eigenvalue weighted by Crippen LogP contribution is 2.19. The predicted molar refractivity (Wildman–Crippen MR) is 102 cm³/mol. The van der Waals surface area contributed by atoms with Crippen LogP contribution in [-0.4, -0.2) is 45.7 Å². The Morgan fingerprint density at radius 1 is 1.19 bits per heavy atom. The number of hydrogen-bond acceptors (Lipinski definition) is 6. The van der Waals surface area contributed by atoms with Crippen molar-refractivity contribution < 1.29 is 4.79 Å². The highest BCUT2D eigenvalue weighted by Gasteiger charge is 2.23. The molecule has 1 atom stereocenters. The van der Waals surface area contributed by atoms with Crippen LogP contribution in [0.4, 0.5) is 5.95 Å². The first-order valence-corrected chi connectivity index (χ1v) is 9.00. The summed E-state index contributed by atoms with van der Waals surface area (Å²) in [5.74, 6) is 0.748. The molecule has 1 amide bonds. The molecule has 27 heavy (non-hydrogen) atoms. The van der Waals surface area contributed by atoms with Crippen LogP contribution in [0.1, 0.15) is 23.3 Å². The summed E-state index contributed by atoms with van der Waals surface area (Å²) in [4.78, 5) is 35.3. The first-order chi connectivity index (χ1) is 13.2. The summed E-state index contributed by atoms with van der Waals surface area (Å²) in [5.41, 5.74) is -0.0582. The highest BCUT2D eigenvalue weighted by atomic mass is 16.2. The Kier molecular flexibility index (Phi) is 4.78. The molecule has 0 aliphatic carbocycles. The van der Waals surface area contributed by atoms with Crippen LogP contribution in [0, 0.1) is 5.92 Å². The normalized spacial score (nSPS) is 17.0. The third-order valence-electron chi connectivity index (χ3n) is 4.82. The third-order valence-corrected chi connectivity index (χ3v) is 4.82. The fourth-order valence-electron chi connectivity index (χ4n) is 3.48. The summed E-state index contributed by atoms with van der Waals surface area (Å²) in [6.45, 7) is 2.25. The SMILES string of the molecule is O=C(NC[C@@H]1CCCN(c2ncccn2)C1)c1n[nH]c(=O)c2ccccc12. The average Bonchev–Trinajstić information content (AvgIpc) is 2.73. The van der Waals surface area contributed by atoms with E-state index in [1.165, 1.54) is 0 Å². The van der Waals surface area contributed by atoms with Gasteiger partial charge in [0.05, 0.1) is 5.39 Å². The summed E-state index contributed by atoms with van der Waals surface area (Å²) in [5, 5.41) is 10.3. The molecule has 1 saturated heterocycles. The first-order valence-electron chi connectivity index (χ1n) is 9.00. The van der Waals surface area contributed by atoms with Gasteiger partial charge in [-0.1, -0.05) is 18.2 Å². The number of carbonyl (C=O) groups is 1. The molecule has 3 aromatic rings. The quantitative estimate of drug-likeness (QED) is 0.724. The molecule has 2 aromatic heterocycles. The molecular formula is C19H20N6O2. The van der Waals surface area contributed by atoms with Crippen molar-refractivity contribution in [1.29, 1.82) is 0 Å². The largest absolute Gasteiger partial charge is 0.350 e. The fraction of sp³-hybridized carbons (Fsp3) is 0.316. The fourth-order valence-corrected chi connectivity index (χ4v) is 3.48. The smallest absolute Gasteiger partial charge is 0.272 e. The summed E-state index contributed by atoms with van der Waals surface area (Å²) < 4.78 is 0. The molecule has 0 spiro atoms. The van der Waals surface area contributed by atoms with Crippen molar-refractivity contribution in [3.05, 3.63) is 58.8 Å². The van der Waals surface area contributed by atoms with Crippen LogP contribution < -0.4 is 15.8 Å². The van der Waals surface area contributed by atoms with Crippen LogP contribution in [0.15, 0.2) is 47.5 Å². The number of aromatic nitrogens is 4. The van der Waals surface area contributed by atoms with E-state index in [0.29, 0.717) is 23.2 Å². The van der Waals surface area contributed by atoms with Gasteiger partial charge in [0.2, 0.25) is 5.95 Å². The molecule has 0 saturated carbocycles. The number of amides is 1. The number of nitrogens with zero attached hydrogens (tertiary/aromatic N) is 4. The minimum Gasteiger partial charge on any atom is -0.350 e. The van der Waals surface area contributed by atoms with Crippen molar-refractivity contribution in [1.82, 2.24) is 25.5 Å². The number of hydrogen-bond donors (Lipinski definition) is 2. The van der Waals surface area contributed by atoms with Gasteiger partial charge in [0.15, 0.2) is 5.69 Å². The lowest BCUT2D eigenvalue weighted by Gasteiger charge is -2.32. The number of H-pyrrole nitrogens is 1. The van der Waals surface area contributed by atoms with Crippen LogP contribution in [0.3, 0.4) is 0 Å². The highest BCUT2D eigenvalue weighted by molar-refractivity contribution is 6.04. The first kappa shape index (κ1) is 17.1. The second-order valence-corrected chi connectivity index (χ2v) is 6.66. The third kappa shape index (κ3) is 3.64. The van der Waals surface area contributed by atoms with Gasteiger partial charge in [-0.05, 0) is 30.9 Å². The molecular weight excluding hydrogens is 344 g/mol. The molecule has 0 bridgehead atoms. The van der Waals surface area contributed by atoms with E-state index in [2.05, 4.69) is 30.4 Å². The van der Waals surface area contributed by atoms with E-state index in [0.717, 1.165) is 31.9 Å². The zero-order chi connectivity index (χ0) is 18.6. The van der Waals surface area contributed by atoms with Gasteiger partial charge >= 0.3 is 0 Å². The van der Waals surface area contributed by atoms with Gasteiger partial charge < -0.3 is 10.2 Å². The predicted octanol–water partition coefficient (Wildman–Crippen LogP) is 1.36. The van der Waals surface area contributed by atoms with Gasteiger partial charge in [0, 0.05) is 37.4 Å². The van der Waals surface area contributed by atoms with E-state index in [1.807, 2.05) is 0 Å². The Labute approximate surface area is 155 Å². The minimum absolute atomic E-state index is 0.240. The number of nitrogens with one attached hydrogen (secondary N) is 2. The summed E-state index contributed by atoms with van der Waals surface area (Å²) in [6.07, 6.45) is 5.53. The second kappa shape index (κ2) is 7.53. The Hall–Kier alpha value is -3.29. The summed E-state index contributed by atoms with van der Waals surface area (Å²) >= 11 is 0. The molecule has 0 radical (unpaired) electrons. The standard InChI is InChI=1S/C19H20N6O2/c26-17-15-7-2-1-6-14(15)16(23-24-17)18(27)22-11-13-5-3-10-25(12-13)19-20-8-4-9-21-19/h1-2,4,6-9,13H,3,5,10-12H2,(H,22,27)(H,24,26)/t13-/m0/s1. The summed E-state index contributed by atoms with van der Waals surface area (Å²) in [6, 6.07) is 8.78.